The molecule has 0 aliphatic heterocycles. The lowest BCUT2D eigenvalue weighted by atomic mass is 10.2. The summed E-state index contributed by atoms with van der Waals surface area (Å²) in [5, 5.41) is 4.15. The van der Waals surface area contributed by atoms with Crippen LogP contribution in [-0.4, -0.2) is 31.5 Å². The average Bonchev–Trinajstić information content (AvgIpc) is 2.89. The van der Waals surface area contributed by atoms with E-state index in [0.717, 1.165) is 4.68 Å². The van der Waals surface area contributed by atoms with E-state index in [0.29, 0.717) is 17.8 Å². The van der Waals surface area contributed by atoms with Crippen LogP contribution in [-0.2, 0) is 17.9 Å². The van der Waals surface area contributed by atoms with E-state index in [1.54, 1.807) is 41.4 Å². The Hall–Kier alpha value is -2.96. The molecule has 3 rings (SSSR count). The highest BCUT2D eigenvalue weighted by molar-refractivity contribution is 5.75. The highest BCUT2D eigenvalue weighted by Gasteiger charge is 2.16. The van der Waals surface area contributed by atoms with Gasteiger partial charge in [0, 0.05) is 19.3 Å². The Kier molecular flexibility index (Phi) is 4.41. The Balaban J connectivity index is 1.78. The van der Waals surface area contributed by atoms with Gasteiger partial charge >= 0.3 is 5.69 Å². The number of nitrogens with zero attached hydrogens (tertiary/aromatic N) is 4. The predicted molar refractivity (Wildman–Crippen MR) is 86.9 cm³/mol. The lowest BCUT2D eigenvalue weighted by Gasteiger charge is -2.20. The Bertz CT molecular complexity index is 931. The number of aromatic nitrogens is 3. The van der Waals surface area contributed by atoms with E-state index < -0.39 is 0 Å². The van der Waals surface area contributed by atoms with E-state index in [-0.39, 0.29) is 30.5 Å². The van der Waals surface area contributed by atoms with Crippen molar-refractivity contribution in [2.75, 3.05) is 6.54 Å². The normalized spacial score (nSPS) is 10.9. The second-order valence-corrected chi connectivity index (χ2v) is 5.41. The number of amides is 1. The van der Waals surface area contributed by atoms with Crippen LogP contribution in [0.1, 0.15) is 12.5 Å². The first-order valence-corrected chi connectivity index (χ1v) is 7.65. The van der Waals surface area contributed by atoms with Crippen LogP contribution in [0.3, 0.4) is 0 Å². The van der Waals surface area contributed by atoms with Crippen molar-refractivity contribution in [3.63, 3.8) is 0 Å². The van der Waals surface area contributed by atoms with Gasteiger partial charge in [0.25, 0.3) is 0 Å². The second-order valence-electron chi connectivity index (χ2n) is 5.41. The first kappa shape index (κ1) is 15.9. The predicted octanol–water partition coefficient (Wildman–Crippen LogP) is 1.68. The Morgan fingerprint density at radius 3 is 2.79 bits per heavy atom. The number of carbonyl (C=O) groups excluding carboxylic acids is 1. The van der Waals surface area contributed by atoms with Crippen molar-refractivity contribution >= 4 is 11.6 Å². The monoisotopic (exact) mass is 328 g/mol. The maximum absolute atomic E-state index is 13.3. The number of hydrogen-bond acceptors (Lipinski definition) is 3. The molecule has 2 aromatic heterocycles. The van der Waals surface area contributed by atoms with Crippen molar-refractivity contribution in [1.29, 1.82) is 0 Å². The van der Waals surface area contributed by atoms with Crippen LogP contribution in [0.4, 0.5) is 4.39 Å². The molecule has 6 nitrogen and oxygen atoms in total. The molecule has 1 aromatic carbocycles. The summed E-state index contributed by atoms with van der Waals surface area (Å²) < 4.78 is 15.8. The Morgan fingerprint density at radius 2 is 2.08 bits per heavy atom. The third-order valence-corrected chi connectivity index (χ3v) is 3.77. The van der Waals surface area contributed by atoms with Gasteiger partial charge in [0.05, 0.1) is 0 Å². The molecular formula is C17H17FN4O2. The number of hydrogen-bond donors (Lipinski definition) is 0. The van der Waals surface area contributed by atoms with Gasteiger partial charge in [-0.1, -0.05) is 18.2 Å². The van der Waals surface area contributed by atoms with E-state index in [2.05, 4.69) is 5.10 Å². The van der Waals surface area contributed by atoms with Crippen LogP contribution < -0.4 is 5.69 Å². The van der Waals surface area contributed by atoms with Gasteiger partial charge in [-0.25, -0.2) is 13.9 Å². The SMILES string of the molecule is CCN(Cc1cccc(F)c1)C(=O)Cn1nc2ccccn2c1=O. The van der Waals surface area contributed by atoms with Crippen molar-refractivity contribution in [1.82, 2.24) is 19.1 Å². The number of carbonyl (C=O) groups is 1. The minimum Gasteiger partial charge on any atom is -0.337 e. The van der Waals surface area contributed by atoms with E-state index in [9.17, 15) is 14.0 Å². The number of benzene rings is 1. The Morgan fingerprint density at radius 1 is 1.25 bits per heavy atom. The molecule has 124 valence electrons. The molecule has 0 saturated carbocycles. The molecule has 3 aromatic rings. The Labute approximate surface area is 137 Å². The number of fused-ring (bicyclic) bond motifs is 1. The van der Waals surface area contributed by atoms with Crippen LogP contribution in [0.15, 0.2) is 53.5 Å². The molecule has 0 spiro atoms. The van der Waals surface area contributed by atoms with Gasteiger partial charge < -0.3 is 4.90 Å². The summed E-state index contributed by atoms with van der Waals surface area (Å²) >= 11 is 0. The van der Waals surface area contributed by atoms with Crippen molar-refractivity contribution in [2.45, 2.75) is 20.0 Å². The first-order chi connectivity index (χ1) is 11.6. The summed E-state index contributed by atoms with van der Waals surface area (Å²) in [5.41, 5.74) is 0.830. The number of likely N-dealkylation sites (N-methyl/N-ethyl adjacent to an activating group) is 1. The number of pyridine rings is 1. The van der Waals surface area contributed by atoms with Gasteiger partial charge in [0.2, 0.25) is 5.91 Å². The van der Waals surface area contributed by atoms with Gasteiger partial charge in [-0.15, -0.1) is 5.10 Å². The first-order valence-electron chi connectivity index (χ1n) is 7.65. The smallest absolute Gasteiger partial charge is 0.337 e. The lowest BCUT2D eigenvalue weighted by molar-refractivity contribution is -0.132. The number of rotatable bonds is 5. The number of halogens is 1. The zero-order chi connectivity index (χ0) is 17.1. The molecule has 0 N–H and O–H groups in total. The summed E-state index contributed by atoms with van der Waals surface area (Å²) in [5.74, 6) is -0.583. The minimum absolute atomic E-state index is 0.149. The summed E-state index contributed by atoms with van der Waals surface area (Å²) in [4.78, 5) is 26.3. The zero-order valence-corrected chi connectivity index (χ0v) is 13.2. The largest absolute Gasteiger partial charge is 0.350 e. The van der Waals surface area contributed by atoms with Gasteiger partial charge in [0.15, 0.2) is 5.65 Å². The third-order valence-electron chi connectivity index (χ3n) is 3.77. The van der Waals surface area contributed by atoms with Crippen molar-refractivity contribution in [2.24, 2.45) is 0 Å². The molecule has 0 fully saturated rings. The van der Waals surface area contributed by atoms with E-state index >= 15 is 0 Å². The van der Waals surface area contributed by atoms with E-state index in [1.807, 2.05) is 6.92 Å². The van der Waals surface area contributed by atoms with Gasteiger partial charge in [-0.05, 0) is 36.8 Å². The van der Waals surface area contributed by atoms with Crippen LogP contribution in [0.5, 0.6) is 0 Å². The zero-order valence-electron chi connectivity index (χ0n) is 13.2. The lowest BCUT2D eigenvalue weighted by Crippen LogP contribution is -2.36. The average molecular weight is 328 g/mol. The highest BCUT2D eigenvalue weighted by atomic mass is 19.1. The molecular weight excluding hydrogens is 311 g/mol. The quantitative estimate of drug-likeness (QED) is 0.716. The molecule has 0 saturated heterocycles. The topological polar surface area (TPSA) is 59.6 Å². The fourth-order valence-electron chi connectivity index (χ4n) is 2.53. The van der Waals surface area contributed by atoms with Crippen molar-refractivity contribution in [3.05, 3.63) is 70.5 Å². The molecule has 1 amide bonds. The fraction of sp³-hybridized carbons (Fsp3) is 0.235. The molecule has 0 radical (unpaired) electrons. The molecule has 0 bridgehead atoms. The van der Waals surface area contributed by atoms with Gasteiger partial charge in [-0.2, -0.15) is 0 Å². The van der Waals surface area contributed by atoms with Crippen LogP contribution >= 0.6 is 0 Å². The third kappa shape index (κ3) is 3.19. The summed E-state index contributed by atoms with van der Waals surface area (Å²) in [6.07, 6.45) is 1.61. The molecule has 7 heteroatoms. The highest BCUT2D eigenvalue weighted by Crippen LogP contribution is 2.08. The molecule has 0 aliphatic carbocycles. The fourth-order valence-corrected chi connectivity index (χ4v) is 2.53. The molecule has 0 aliphatic rings. The molecule has 24 heavy (non-hydrogen) atoms. The molecule has 0 unspecified atom stereocenters. The van der Waals surface area contributed by atoms with E-state index in [4.69, 9.17) is 0 Å². The van der Waals surface area contributed by atoms with Gasteiger partial charge in [0.1, 0.15) is 12.4 Å². The summed E-state index contributed by atoms with van der Waals surface area (Å²) in [6.45, 7) is 2.43. The summed E-state index contributed by atoms with van der Waals surface area (Å²) in [6, 6.07) is 11.3. The minimum atomic E-state index is -0.360. The standard InChI is InChI=1S/C17H17FN4O2/c1-2-20(11-13-6-5-7-14(18)10-13)16(23)12-22-17(24)21-9-4-3-8-15(21)19-22/h3-10H,2,11-12H2,1H3. The van der Waals surface area contributed by atoms with Crippen LogP contribution in [0.25, 0.3) is 5.65 Å². The molecule has 2 heterocycles. The maximum Gasteiger partial charge on any atom is 0.350 e. The van der Waals surface area contributed by atoms with Gasteiger partial charge in [-0.3, -0.25) is 9.20 Å². The second kappa shape index (κ2) is 6.66. The maximum atomic E-state index is 13.3. The van der Waals surface area contributed by atoms with Crippen molar-refractivity contribution in [3.8, 4) is 0 Å². The van der Waals surface area contributed by atoms with Crippen LogP contribution in [0.2, 0.25) is 0 Å². The summed E-state index contributed by atoms with van der Waals surface area (Å²) in [7, 11) is 0. The molecule has 0 atom stereocenters. The van der Waals surface area contributed by atoms with E-state index in [1.165, 1.54) is 16.5 Å². The van der Waals surface area contributed by atoms with Crippen molar-refractivity contribution < 1.29 is 9.18 Å². The van der Waals surface area contributed by atoms with Crippen LogP contribution in [0, 0.1) is 5.82 Å².